The molecule has 0 radical (unpaired) electrons. The van der Waals surface area contributed by atoms with Crippen molar-refractivity contribution in [2.45, 2.75) is 31.2 Å². The number of likely N-dealkylation sites (tertiary alicyclic amines) is 1. The van der Waals surface area contributed by atoms with Crippen LogP contribution in [-0.2, 0) is 0 Å². The van der Waals surface area contributed by atoms with E-state index in [0.29, 0.717) is 12.8 Å². The quantitative estimate of drug-likeness (QED) is 0.696. The molecule has 84 valence electrons. The molecular weight excluding hydrogens is 199 g/mol. The maximum Gasteiger partial charge on any atom is 0.401 e. The van der Waals surface area contributed by atoms with Crippen molar-refractivity contribution in [1.82, 2.24) is 4.90 Å². The zero-order valence-electron chi connectivity index (χ0n) is 7.67. The van der Waals surface area contributed by atoms with Gasteiger partial charge in [0.05, 0.1) is 19.3 Å². The molecule has 0 aromatic carbocycles. The fraction of sp³-hybridized carbons (Fsp3) is 1.00. The zero-order valence-corrected chi connectivity index (χ0v) is 7.67. The number of nitrogens with zero attached hydrogens (tertiary/aromatic N) is 1. The molecule has 1 fully saturated rings. The highest BCUT2D eigenvalue weighted by molar-refractivity contribution is 4.82. The van der Waals surface area contributed by atoms with E-state index in [1.165, 1.54) is 0 Å². The normalized spacial score (nSPS) is 30.6. The number of aliphatic hydroxyl groups is 2. The van der Waals surface area contributed by atoms with Crippen molar-refractivity contribution in [1.29, 1.82) is 0 Å². The lowest BCUT2D eigenvalue weighted by Gasteiger charge is -2.37. The predicted octanol–water partition coefficient (Wildman–Crippen LogP) is 0.366. The van der Waals surface area contributed by atoms with Gasteiger partial charge in [0, 0.05) is 12.6 Å². The molecule has 1 saturated heterocycles. The summed E-state index contributed by atoms with van der Waals surface area (Å²) >= 11 is 0. The van der Waals surface area contributed by atoms with Crippen LogP contribution in [-0.4, -0.2) is 53.1 Å². The number of piperidine rings is 1. The van der Waals surface area contributed by atoms with Crippen LogP contribution in [0.1, 0.15) is 12.8 Å². The molecule has 0 aromatic heterocycles. The van der Waals surface area contributed by atoms with Crippen LogP contribution >= 0.6 is 0 Å². The van der Waals surface area contributed by atoms with Gasteiger partial charge < -0.3 is 10.2 Å². The third kappa shape index (κ3) is 3.43. The highest BCUT2D eigenvalue weighted by Crippen LogP contribution is 2.23. The lowest BCUT2D eigenvalue weighted by molar-refractivity contribution is -0.160. The molecular formula is C8H14F3NO2. The Kier molecular flexibility index (Phi) is 3.74. The molecule has 2 atom stereocenters. The summed E-state index contributed by atoms with van der Waals surface area (Å²) in [6, 6.07) is -0.472. The van der Waals surface area contributed by atoms with Crippen LogP contribution < -0.4 is 0 Å². The molecule has 0 aliphatic carbocycles. The summed E-state index contributed by atoms with van der Waals surface area (Å²) in [6.07, 6.45) is -4.11. The molecule has 1 aliphatic rings. The highest BCUT2D eigenvalue weighted by atomic mass is 19.4. The van der Waals surface area contributed by atoms with Crippen molar-refractivity contribution < 1.29 is 23.4 Å². The Labute approximate surface area is 80.1 Å². The molecule has 0 aromatic rings. The molecule has 6 heteroatoms. The van der Waals surface area contributed by atoms with Crippen LogP contribution in [0.25, 0.3) is 0 Å². The molecule has 2 N–H and O–H groups in total. The molecule has 1 heterocycles. The van der Waals surface area contributed by atoms with Gasteiger partial charge >= 0.3 is 6.18 Å². The summed E-state index contributed by atoms with van der Waals surface area (Å²) in [5.41, 5.74) is 0. The second kappa shape index (κ2) is 4.46. The van der Waals surface area contributed by atoms with E-state index in [0.717, 1.165) is 4.90 Å². The van der Waals surface area contributed by atoms with Gasteiger partial charge in [0.25, 0.3) is 0 Å². The van der Waals surface area contributed by atoms with E-state index in [1.54, 1.807) is 0 Å². The molecule has 14 heavy (non-hydrogen) atoms. The predicted molar refractivity (Wildman–Crippen MR) is 43.7 cm³/mol. The maximum atomic E-state index is 12.1. The SMILES string of the molecule is OC[C@H]1CC[C@@H](O)CN1CC(F)(F)F. The Morgan fingerprint density at radius 2 is 1.93 bits per heavy atom. The average molecular weight is 213 g/mol. The number of aliphatic hydroxyl groups excluding tert-OH is 2. The van der Waals surface area contributed by atoms with Crippen molar-refractivity contribution in [3.05, 3.63) is 0 Å². The van der Waals surface area contributed by atoms with Crippen molar-refractivity contribution in [2.75, 3.05) is 19.7 Å². The molecule has 0 saturated carbocycles. The Balaban J connectivity index is 2.53. The first-order chi connectivity index (χ1) is 6.42. The number of halogens is 3. The Morgan fingerprint density at radius 1 is 1.29 bits per heavy atom. The fourth-order valence-corrected chi connectivity index (χ4v) is 1.71. The largest absolute Gasteiger partial charge is 0.401 e. The summed E-state index contributed by atoms with van der Waals surface area (Å²) in [5.74, 6) is 0. The van der Waals surface area contributed by atoms with E-state index >= 15 is 0 Å². The second-order valence-electron chi connectivity index (χ2n) is 3.61. The van der Waals surface area contributed by atoms with Crippen molar-refractivity contribution in [3.8, 4) is 0 Å². The van der Waals surface area contributed by atoms with E-state index < -0.39 is 24.9 Å². The van der Waals surface area contributed by atoms with Gasteiger partial charge in [-0.05, 0) is 12.8 Å². The number of hydrogen-bond donors (Lipinski definition) is 2. The lowest BCUT2D eigenvalue weighted by Crippen LogP contribution is -2.50. The first-order valence-corrected chi connectivity index (χ1v) is 4.52. The van der Waals surface area contributed by atoms with Gasteiger partial charge in [-0.25, -0.2) is 0 Å². The van der Waals surface area contributed by atoms with E-state index in [1.807, 2.05) is 0 Å². The van der Waals surface area contributed by atoms with Gasteiger partial charge in [-0.2, -0.15) is 13.2 Å². The summed E-state index contributed by atoms with van der Waals surface area (Å²) < 4.78 is 36.2. The van der Waals surface area contributed by atoms with Crippen LogP contribution in [0.2, 0.25) is 0 Å². The first kappa shape index (κ1) is 11.7. The number of alkyl halides is 3. The number of rotatable bonds is 2. The molecule has 1 rings (SSSR count). The lowest BCUT2D eigenvalue weighted by atomic mass is 10.0. The minimum atomic E-state index is -4.27. The van der Waals surface area contributed by atoms with E-state index in [4.69, 9.17) is 5.11 Å². The zero-order chi connectivity index (χ0) is 10.8. The monoisotopic (exact) mass is 213 g/mol. The van der Waals surface area contributed by atoms with Crippen LogP contribution in [0, 0.1) is 0 Å². The van der Waals surface area contributed by atoms with Gasteiger partial charge in [0.15, 0.2) is 0 Å². The summed E-state index contributed by atoms with van der Waals surface area (Å²) in [4.78, 5) is 1.09. The Bertz CT molecular complexity index is 186. The first-order valence-electron chi connectivity index (χ1n) is 4.52. The summed E-state index contributed by atoms with van der Waals surface area (Å²) in [5, 5.41) is 18.1. The Hall–Kier alpha value is -0.330. The topological polar surface area (TPSA) is 43.7 Å². The van der Waals surface area contributed by atoms with Gasteiger partial charge in [-0.1, -0.05) is 0 Å². The third-order valence-electron chi connectivity index (χ3n) is 2.39. The fourth-order valence-electron chi connectivity index (χ4n) is 1.71. The van der Waals surface area contributed by atoms with Crippen LogP contribution in [0.4, 0.5) is 13.2 Å². The highest BCUT2D eigenvalue weighted by Gasteiger charge is 2.36. The van der Waals surface area contributed by atoms with Crippen molar-refractivity contribution in [3.63, 3.8) is 0 Å². The summed E-state index contributed by atoms with van der Waals surface area (Å²) in [7, 11) is 0. The third-order valence-corrected chi connectivity index (χ3v) is 2.39. The van der Waals surface area contributed by atoms with E-state index in [9.17, 15) is 18.3 Å². The number of β-amino-alcohol motifs (C(OH)–C–C–N with tert-alkyl or cyclic N) is 1. The van der Waals surface area contributed by atoms with Crippen LogP contribution in [0.3, 0.4) is 0 Å². The van der Waals surface area contributed by atoms with Crippen LogP contribution in [0.5, 0.6) is 0 Å². The molecule has 0 bridgehead atoms. The van der Waals surface area contributed by atoms with Gasteiger partial charge in [-0.15, -0.1) is 0 Å². The number of hydrogen-bond acceptors (Lipinski definition) is 3. The minimum Gasteiger partial charge on any atom is -0.395 e. The van der Waals surface area contributed by atoms with E-state index in [2.05, 4.69) is 0 Å². The smallest absolute Gasteiger partial charge is 0.395 e. The molecule has 0 spiro atoms. The molecule has 0 amide bonds. The maximum absolute atomic E-state index is 12.1. The molecule has 3 nitrogen and oxygen atoms in total. The van der Waals surface area contributed by atoms with Crippen molar-refractivity contribution >= 4 is 0 Å². The second-order valence-corrected chi connectivity index (χ2v) is 3.61. The van der Waals surface area contributed by atoms with Gasteiger partial charge in [0.1, 0.15) is 0 Å². The standard InChI is InChI=1S/C8H14F3NO2/c9-8(10,11)5-12-3-7(14)2-1-6(12)4-13/h6-7,13-14H,1-5H2/t6-,7-/m1/s1. The molecule has 0 unspecified atom stereocenters. The van der Waals surface area contributed by atoms with Crippen LogP contribution in [0.15, 0.2) is 0 Å². The van der Waals surface area contributed by atoms with E-state index in [-0.39, 0.29) is 13.2 Å². The average Bonchev–Trinajstić information content (AvgIpc) is 2.01. The molecule has 1 aliphatic heterocycles. The minimum absolute atomic E-state index is 0.00919. The summed E-state index contributed by atoms with van der Waals surface area (Å²) in [6.45, 7) is -1.36. The van der Waals surface area contributed by atoms with Crippen molar-refractivity contribution in [2.24, 2.45) is 0 Å². The Morgan fingerprint density at radius 3 is 2.43 bits per heavy atom. The van der Waals surface area contributed by atoms with Gasteiger partial charge in [-0.3, -0.25) is 4.90 Å². The van der Waals surface area contributed by atoms with Gasteiger partial charge in [0.2, 0.25) is 0 Å².